The third kappa shape index (κ3) is 11.3. The molecule has 0 aliphatic carbocycles. The lowest BCUT2D eigenvalue weighted by molar-refractivity contribution is 0.475. The molecule has 1 nitrogen and oxygen atoms in total. The number of rotatable bonds is 5. The molecule has 0 unspecified atom stereocenters. The Kier molecular flexibility index (Phi) is 9.60. The van der Waals surface area contributed by atoms with Crippen LogP contribution in [0.2, 0.25) is 0 Å². The summed E-state index contributed by atoms with van der Waals surface area (Å²) in [4.78, 5) is 0. The maximum atomic E-state index is 8.81. The molecule has 17 heavy (non-hydrogen) atoms. The van der Waals surface area contributed by atoms with Crippen molar-refractivity contribution in [1.82, 2.24) is 0 Å². The van der Waals surface area contributed by atoms with Gasteiger partial charge in [-0.05, 0) is 30.5 Å². The van der Waals surface area contributed by atoms with Crippen molar-refractivity contribution >= 4 is 0 Å². The molecule has 0 bridgehead atoms. The Bertz CT molecular complexity index is 261. The van der Waals surface area contributed by atoms with E-state index in [2.05, 4.69) is 20.8 Å². The number of hydrogen-bond donors (Lipinski definition) is 1. The zero-order valence-electron chi connectivity index (χ0n) is 11.9. The maximum absolute atomic E-state index is 8.81. The number of phenols is 1. The molecule has 98 valence electrons. The minimum atomic E-state index is 0.338. The minimum Gasteiger partial charge on any atom is -0.508 e. The van der Waals surface area contributed by atoms with Gasteiger partial charge in [-0.15, -0.1) is 0 Å². The average Bonchev–Trinajstić information content (AvgIpc) is 2.25. The van der Waals surface area contributed by atoms with Gasteiger partial charge in [-0.25, -0.2) is 0 Å². The molecular weight excluding hydrogens is 208 g/mol. The van der Waals surface area contributed by atoms with Gasteiger partial charge in [0.25, 0.3) is 0 Å². The molecule has 0 aromatic heterocycles. The Balaban J connectivity index is 0.000000302. The minimum absolute atomic E-state index is 0.338. The van der Waals surface area contributed by atoms with Gasteiger partial charge in [-0.3, -0.25) is 0 Å². The van der Waals surface area contributed by atoms with E-state index in [-0.39, 0.29) is 0 Å². The first-order chi connectivity index (χ1) is 8.06. The van der Waals surface area contributed by atoms with Gasteiger partial charge < -0.3 is 5.11 Å². The van der Waals surface area contributed by atoms with Crippen LogP contribution < -0.4 is 0 Å². The number of unbranched alkanes of at least 4 members (excludes halogenated alkanes) is 3. The zero-order chi connectivity index (χ0) is 13.1. The van der Waals surface area contributed by atoms with Crippen molar-refractivity contribution in [3.05, 3.63) is 29.8 Å². The maximum Gasteiger partial charge on any atom is 0.115 e. The summed E-state index contributed by atoms with van der Waals surface area (Å²) in [6.07, 6.45) is 7.07. The predicted octanol–water partition coefficient (Wildman–Crippen LogP) is 5.31. The Morgan fingerprint density at radius 3 is 2.24 bits per heavy atom. The van der Waals surface area contributed by atoms with Gasteiger partial charge in [0.05, 0.1) is 0 Å². The van der Waals surface area contributed by atoms with E-state index in [1.54, 1.807) is 12.1 Å². The molecule has 0 saturated heterocycles. The summed E-state index contributed by atoms with van der Waals surface area (Å²) in [5, 5.41) is 8.81. The number of benzene rings is 1. The van der Waals surface area contributed by atoms with E-state index in [0.717, 1.165) is 11.5 Å². The molecule has 1 heteroatoms. The normalized spacial score (nSPS) is 9.94. The van der Waals surface area contributed by atoms with Gasteiger partial charge >= 0.3 is 0 Å². The summed E-state index contributed by atoms with van der Waals surface area (Å²) < 4.78 is 0. The third-order valence-electron chi connectivity index (χ3n) is 2.64. The van der Waals surface area contributed by atoms with E-state index < -0.39 is 0 Å². The first kappa shape index (κ1) is 16.0. The monoisotopic (exact) mass is 236 g/mol. The largest absolute Gasteiger partial charge is 0.508 e. The highest BCUT2D eigenvalue weighted by Crippen LogP contribution is 2.09. The summed E-state index contributed by atoms with van der Waals surface area (Å²) in [7, 11) is 0. The van der Waals surface area contributed by atoms with E-state index in [0.29, 0.717) is 5.75 Å². The molecule has 0 aliphatic heterocycles. The number of phenolic OH excluding ortho intramolecular Hbond substituents is 1. The molecule has 0 spiro atoms. The molecule has 1 aromatic carbocycles. The SMILES string of the molecule is CCCCCCC(C)C.Cc1cccc(O)c1. The lowest BCUT2D eigenvalue weighted by Gasteiger charge is -2.01. The Labute approximate surface area is 107 Å². The van der Waals surface area contributed by atoms with Gasteiger partial charge in [-0.2, -0.15) is 0 Å². The van der Waals surface area contributed by atoms with Crippen LogP contribution in [0.4, 0.5) is 0 Å². The molecule has 0 aliphatic rings. The second-order valence-electron chi connectivity index (χ2n) is 5.08. The fourth-order valence-electron chi connectivity index (χ4n) is 1.61. The molecular formula is C16H28O. The van der Waals surface area contributed by atoms with Crippen LogP contribution in [-0.4, -0.2) is 5.11 Å². The summed E-state index contributed by atoms with van der Waals surface area (Å²) in [5.41, 5.74) is 1.09. The van der Waals surface area contributed by atoms with Crippen LogP contribution in [0, 0.1) is 12.8 Å². The van der Waals surface area contributed by atoms with Crippen molar-refractivity contribution in [2.24, 2.45) is 5.92 Å². The van der Waals surface area contributed by atoms with Crippen LogP contribution in [0.1, 0.15) is 58.4 Å². The topological polar surface area (TPSA) is 20.2 Å². The van der Waals surface area contributed by atoms with Crippen LogP contribution >= 0.6 is 0 Å². The highest BCUT2D eigenvalue weighted by atomic mass is 16.3. The molecule has 1 N–H and O–H groups in total. The molecule has 1 rings (SSSR count). The molecule has 1 aromatic rings. The highest BCUT2D eigenvalue weighted by Gasteiger charge is 1.91. The molecule has 0 radical (unpaired) electrons. The van der Waals surface area contributed by atoms with Crippen LogP contribution in [0.25, 0.3) is 0 Å². The number of aryl methyl sites for hydroxylation is 1. The summed E-state index contributed by atoms with van der Waals surface area (Å²) in [6.45, 7) is 8.80. The summed E-state index contributed by atoms with van der Waals surface area (Å²) in [6, 6.07) is 7.15. The van der Waals surface area contributed by atoms with Gasteiger partial charge in [0.15, 0.2) is 0 Å². The lowest BCUT2D eigenvalue weighted by atomic mass is 10.1. The fourth-order valence-corrected chi connectivity index (χ4v) is 1.61. The Morgan fingerprint density at radius 1 is 1.12 bits per heavy atom. The van der Waals surface area contributed by atoms with E-state index in [1.165, 1.54) is 32.1 Å². The van der Waals surface area contributed by atoms with Crippen LogP contribution in [0.15, 0.2) is 24.3 Å². The second-order valence-corrected chi connectivity index (χ2v) is 5.08. The average molecular weight is 236 g/mol. The second kappa shape index (κ2) is 10.2. The molecule has 0 amide bonds. The molecule has 0 heterocycles. The van der Waals surface area contributed by atoms with Gasteiger partial charge in [0, 0.05) is 0 Å². The van der Waals surface area contributed by atoms with Gasteiger partial charge in [0.1, 0.15) is 5.75 Å². The molecule has 0 fully saturated rings. The quantitative estimate of drug-likeness (QED) is 0.686. The molecule has 0 atom stereocenters. The van der Waals surface area contributed by atoms with Crippen molar-refractivity contribution in [1.29, 1.82) is 0 Å². The van der Waals surface area contributed by atoms with Crippen molar-refractivity contribution < 1.29 is 5.11 Å². The van der Waals surface area contributed by atoms with Crippen LogP contribution in [0.5, 0.6) is 5.75 Å². The Hall–Kier alpha value is -0.980. The van der Waals surface area contributed by atoms with Crippen LogP contribution in [-0.2, 0) is 0 Å². The highest BCUT2D eigenvalue weighted by molar-refractivity contribution is 5.25. The number of aromatic hydroxyl groups is 1. The fraction of sp³-hybridized carbons (Fsp3) is 0.625. The lowest BCUT2D eigenvalue weighted by Crippen LogP contribution is -1.86. The van der Waals surface area contributed by atoms with Gasteiger partial charge in [0.2, 0.25) is 0 Å². The van der Waals surface area contributed by atoms with Crippen molar-refractivity contribution in [2.75, 3.05) is 0 Å². The van der Waals surface area contributed by atoms with E-state index in [1.807, 2.05) is 19.1 Å². The molecule has 0 saturated carbocycles. The third-order valence-corrected chi connectivity index (χ3v) is 2.64. The van der Waals surface area contributed by atoms with Gasteiger partial charge in [-0.1, -0.05) is 65.0 Å². The Morgan fingerprint density at radius 2 is 1.82 bits per heavy atom. The van der Waals surface area contributed by atoms with E-state index in [4.69, 9.17) is 5.11 Å². The summed E-state index contributed by atoms with van der Waals surface area (Å²) in [5.74, 6) is 1.24. The van der Waals surface area contributed by atoms with E-state index >= 15 is 0 Å². The number of hydrogen-bond acceptors (Lipinski definition) is 1. The van der Waals surface area contributed by atoms with Crippen molar-refractivity contribution in [3.8, 4) is 5.75 Å². The zero-order valence-corrected chi connectivity index (χ0v) is 11.9. The first-order valence-electron chi connectivity index (χ1n) is 6.82. The van der Waals surface area contributed by atoms with Crippen LogP contribution in [0.3, 0.4) is 0 Å². The van der Waals surface area contributed by atoms with Crippen molar-refractivity contribution in [2.45, 2.75) is 59.8 Å². The first-order valence-corrected chi connectivity index (χ1v) is 6.82. The predicted molar refractivity (Wildman–Crippen MR) is 76.4 cm³/mol. The van der Waals surface area contributed by atoms with Crippen molar-refractivity contribution in [3.63, 3.8) is 0 Å². The summed E-state index contributed by atoms with van der Waals surface area (Å²) >= 11 is 0. The van der Waals surface area contributed by atoms with E-state index in [9.17, 15) is 0 Å². The standard InChI is InChI=1S/C9H20.C7H8O/c1-4-5-6-7-8-9(2)3;1-6-3-2-4-7(8)5-6/h9H,4-8H2,1-3H3;2-5,8H,1H3. The smallest absolute Gasteiger partial charge is 0.115 e.